The van der Waals surface area contributed by atoms with Crippen LogP contribution >= 0.6 is 0 Å². The maximum absolute atomic E-state index is 11.9. The van der Waals surface area contributed by atoms with Gasteiger partial charge in [-0.2, -0.15) is 0 Å². The van der Waals surface area contributed by atoms with Crippen LogP contribution in [0.2, 0.25) is 0 Å². The second-order valence-electron chi connectivity index (χ2n) is 4.50. The van der Waals surface area contributed by atoms with Crippen molar-refractivity contribution < 1.29 is 9.53 Å². The summed E-state index contributed by atoms with van der Waals surface area (Å²) in [5, 5.41) is 3.41. The van der Waals surface area contributed by atoms with Gasteiger partial charge in [0, 0.05) is 19.1 Å². The first kappa shape index (κ1) is 12.9. The second-order valence-corrected chi connectivity index (χ2v) is 4.50. The van der Waals surface area contributed by atoms with Gasteiger partial charge in [-0.1, -0.05) is 25.1 Å². The number of hydrogen-bond donors (Lipinski definition) is 1. The number of carbonyl (C=O) groups excluding carboxylic acids is 1. The lowest BCUT2D eigenvalue weighted by atomic mass is 10.1. The number of rotatable bonds is 3. The minimum Gasteiger partial charge on any atom is -0.410 e. The number of nitrogens with zero attached hydrogens (tertiary/aromatic N) is 1. The Morgan fingerprint density at radius 3 is 2.61 bits per heavy atom. The Bertz CT molecular complexity index is 373. The van der Waals surface area contributed by atoms with E-state index in [2.05, 4.69) is 12.2 Å². The van der Waals surface area contributed by atoms with E-state index in [0.717, 1.165) is 32.5 Å². The largest absolute Gasteiger partial charge is 0.415 e. The van der Waals surface area contributed by atoms with Crippen molar-refractivity contribution in [1.82, 2.24) is 10.2 Å². The zero-order valence-corrected chi connectivity index (χ0v) is 10.8. The van der Waals surface area contributed by atoms with E-state index in [1.165, 1.54) is 0 Å². The molecule has 0 aliphatic carbocycles. The lowest BCUT2D eigenvalue weighted by Crippen LogP contribution is -2.45. The molecule has 2 rings (SSSR count). The van der Waals surface area contributed by atoms with E-state index in [-0.39, 0.29) is 6.09 Å². The third kappa shape index (κ3) is 3.47. The van der Waals surface area contributed by atoms with Crippen LogP contribution in [0, 0.1) is 0 Å². The molecule has 1 N–H and O–H groups in total. The summed E-state index contributed by atoms with van der Waals surface area (Å²) < 4.78 is 5.32. The summed E-state index contributed by atoms with van der Waals surface area (Å²) in [6.45, 7) is 4.63. The first-order valence-electron chi connectivity index (χ1n) is 6.54. The number of nitrogens with one attached hydrogen (secondary N) is 1. The van der Waals surface area contributed by atoms with Crippen LogP contribution in [-0.2, 0) is 0 Å². The van der Waals surface area contributed by atoms with E-state index >= 15 is 0 Å². The normalized spacial score (nSPS) is 16.6. The van der Waals surface area contributed by atoms with E-state index in [1.807, 2.05) is 18.2 Å². The van der Waals surface area contributed by atoms with Crippen molar-refractivity contribution in [3.63, 3.8) is 0 Å². The summed E-state index contributed by atoms with van der Waals surface area (Å²) in [5.74, 6) is 0.608. The van der Waals surface area contributed by atoms with Gasteiger partial charge < -0.3 is 15.0 Å². The molecular weight excluding hydrogens is 228 g/mol. The molecule has 0 radical (unpaired) electrons. The standard InChI is InChI=1S/C14H20N2O2/c1-2-15-12-8-10-16(11-9-12)14(17)18-13-6-4-3-5-7-13/h3-7,12,15H,2,8-11H2,1H3. The van der Waals surface area contributed by atoms with Gasteiger partial charge in [0.05, 0.1) is 0 Å². The predicted molar refractivity (Wildman–Crippen MR) is 70.7 cm³/mol. The molecule has 4 heteroatoms. The minimum absolute atomic E-state index is 0.240. The number of carbonyl (C=O) groups is 1. The molecule has 98 valence electrons. The topological polar surface area (TPSA) is 41.6 Å². The maximum Gasteiger partial charge on any atom is 0.415 e. The zero-order valence-electron chi connectivity index (χ0n) is 10.8. The fraction of sp³-hybridized carbons (Fsp3) is 0.500. The van der Waals surface area contributed by atoms with E-state index < -0.39 is 0 Å². The van der Waals surface area contributed by atoms with Gasteiger partial charge in [-0.05, 0) is 31.5 Å². The number of benzene rings is 1. The van der Waals surface area contributed by atoms with Crippen molar-refractivity contribution >= 4 is 6.09 Å². The average Bonchev–Trinajstić information content (AvgIpc) is 2.41. The van der Waals surface area contributed by atoms with Gasteiger partial charge in [0.25, 0.3) is 0 Å². The predicted octanol–water partition coefficient (Wildman–Crippen LogP) is 2.26. The van der Waals surface area contributed by atoms with Crippen molar-refractivity contribution in [1.29, 1.82) is 0 Å². The molecule has 1 aliphatic rings. The highest BCUT2D eigenvalue weighted by atomic mass is 16.6. The van der Waals surface area contributed by atoms with Gasteiger partial charge in [-0.15, -0.1) is 0 Å². The molecule has 1 aromatic rings. The third-order valence-corrected chi connectivity index (χ3v) is 3.19. The highest BCUT2D eigenvalue weighted by Crippen LogP contribution is 2.14. The van der Waals surface area contributed by atoms with Crippen molar-refractivity contribution in [3.05, 3.63) is 30.3 Å². The van der Waals surface area contributed by atoms with Gasteiger partial charge >= 0.3 is 6.09 Å². The van der Waals surface area contributed by atoms with Crippen LogP contribution in [0.15, 0.2) is 30.3 Å². The SMILES string of the molecule is CCNC1CCN(C(=O)Oc2ccccc2)CC1. The summed E-state index contributed by atoms with van der Waals surface area (Å²) in [6, 6.07) is 9.75. The number of likely N-dealkylation sites (tertiary alicyclic amines) is 1. The zero-order chi connectivity index (χ0) is 12.8. The summed E-state index contributed by atoms with van der Waals surface area (Å²) in [7, 11) is 0. The summed E-state index contributed by atoms with van der Waals surface area (Å²) >= 11 is 0. The molecule has 0 atom stereocenters. The first-order valence-corrected chi connectivity index (χ1v) is 6.54. The lowest BCUT2D eigenvalue weighted by Gasteiger charge is -2.31. The molecule has 0 aromatic heterocycles. The molecule has 18 heavy (non-hydrogen) atoms. The Morgan fingerprint density at radius 2 is 2.00 bits per heavy atom. The number of ether oxygens (including phenoxy) is 1. The van der Waals surface area contributed by atoms with Crippen LogP contribution in [0.4, 0.5) is 4.79 Å². The van der Waals surface area contributed by atoms with E-state index in [9.17, 15) is 4.79 Å². The molecule has 1 heterocycles. The van der Waals surface area contributed by atoms with Crippen LogP contribution < -0.4 is 10.1 Å². The lowest BCUT2D eigenvalue weighted by molar-refractivity contribution is 0.136. The number of piperidine rings is 1. The molecule has 0 saturated carbocycles. The van der Waals surface area contributed by atoms with Crippen molar-refractivity contribution in [2.45, 2.75) is 25.8 Å². The molecule has 1 saturated heterocycles. The maximum atomic E-state index is 11.9. The summed E-state index contributed by atoms with van der Waals surface area (Å²) in [5.41, 5.74) is 0. The Labute approximate surface area is 108 Å². The monoisotopic (exact) mass is 248 g/mol. The molecule has 0 bridgehead atoms. The second kappa shape index (κ2) is 6.40. The van der Waals surface area contributed by atoms with Crippen LogP contribution in [0.5, 0.6) is 5.75 Å². The highest BCUT2D eigenvalue weighted by molar-refractivity contribution is 5.70. The third-order valence-electron chi connectivity index (χ3n) is 3.19. The Morgan fingerprint density at radius 1 is 1.33 bits per heavy atom. The van der Waals surface area contributed by atoms with E-state index in [1.54, 1.807) is 17.0 Å². The van der Waals surface area contributed by atoms with Gasteiger partial charge in [-0.25, -0.2) is 4.79 Å². The van der Waals surface area contributed by atoms with Gasteiger partial charge in [0.15, 0.2) is 0 Å². The molecule has 1 fully saturated rings. The fourth-order valence-electron chi connectivity index (χ4n) is 2.21. The molecule has 0 spiro atoms. The average molecular weight is 248 g/mol. The van der Waals surface area contributed by atoms with Gasteiger partial charge in [0.2, 0.25) is 0 Å². The van der Waals surface area contributed by atoms with Crippen LogP contribution in [0.3, 0.4) is 0 Å². The fourth-order valence-corrected chi connectivity index (χ4v) is 2.21. The molecular formula is C14H20N2O2. The van der Waals surface area contributed by atoms with E-state index in [4.69, 9.17) is 4.74 Å². The Kier molecular flexibility index (Phi) is 4.59. The summed E-state index contributed by atoms with van der Waals surface area (Å²) in [4.78, 5) is 13.7. The highest BCUT2D eigenvalue weighted by Gasteiger charge is 2.23. The van der Waals surface area contributed by atoms with Crippen molar-refractivity contribution in [2.75, 3.05) is 19.6 Å². The first-order chi connectivity index (χ1) is 8.79. The smallest absolute Gasteiger partial charge is 0.410 e. The number of hydrogen-bond acceptors (Lipinski definition) is 3. The van der Waals surface area contributed by atoms with E-state index in [0.29, 0.717) is 11.8 Å². The quantitative estimate of drug-likeness (QED) is 0.892. The molecule has 4 nitrogen and oxygen atoms in total. The number of para-hydroxylation sites is 1. The Balaban J connectivity index is 1.81. The Hall–Kier alpha value is -1.55. The van der Waals surface area contributed by atoms with Crippen LogP contribution in [0.1, 0.15) is 19.8 Å². The number of amides is 1. The van der Waals surface area contributed by atoms with Gasteiger partial charge in [0.1, 0.15) is 5.75 Å². The molecule has 1 aromatic carbocycles. The van der Waals surface area contributed by atoms with Crippen LogP contribution in [-0.4, -0.2) is 36.7 Å². The summed E-state index contributed by atoms with van der Waals surface area (Å²) in [6.07, 6.45) is 1.76. The van der Waals surface area contributed by atoms with Gasteiger partial charge in [-0.3, -0.25) is 0 Å². The molecule has 1 amide bonds. The minimum atomic E-state index is -0.240. The molecule has 0 unspecified atom stereocenters. The van der Waals surface area contributed by atoms with Crippen molar-refractivity contribution in [2.24, 2.45) is 0 Å². The molecule has 1 aliphatic heterocycles. The van der Waals surface area contributed by atoms with Crippen LogP contribution in [0.25, 0.3) is 0 Å². The van der Waals surface area contributed by atoms with Crippen molar-refractivity contribution in [3.8, 4) is 5.75 Å².